The quantitative estimate of drug-likeness (QED) is 0.869. The highest BCUT2D eigenvalue weighted by atomic mass is 79.9. The Morgan fingerprint density at radius 2 is 1.95 bits per heavy atom. The molecule has 0 bridgehead atoms. The van der Waals surface area contributed by atoms with Crippen molar-refractivity contribution in [3.63, 3.8) is 0 Å². The summed E-state index contributed by atoms with van der Waals surface area (Å²) in [7, 11) is 1.58. The summed E-state index contributed by atoms with van der Waals surface area (Å²) in [4.78, 5) is 12.2. The number of ether oxygens (including phenoxy) is 2. The summed E-state index contributed by atoms with van der Waals surface area (Å²) in [6.07, 6.45) is 0. The van der Waals surface area contributed by atoms with E-state index in [4.69, 9.17) is 9.47 Å². The molecule has 0 spiro atoms. The molecule has 1 N–H and O–H groups in total. The second kappa shape index (κ2) is 4.59. The third kappa shape index (κ3) is 2.17. The zero-order chi connectivity index (χ0) is 13.4. The Kier molecular flexibility index (Phi) is 2.91. The van der Waals surface area contributed by atoms with Crippen LogP contribution in [0.2, 0.25) is 0 Å². The van der Waals surface area contributed by atoms with Gasteiger partial charge in [0.15, 0.2) is 5.75 Å². The first kappa shape index (κ1) is 12.0. The van der Waals surface area contributed by atoms with E-state index >= 15 is 0 Å². The van der Waals surface area contributed by atoms with Crippen molar-refractivity contribution in [1.82, 2.24) is 0 Å². The molecule has 0 aliphatic carbocycles. The molecule has 0 radical (unpaired) electrons. The standard InChI is InChI=1S/C14H10BrNO3/c1-18-9-3-5-13-11(7-9)16-14(17)10-6-8(15)2-4-12(10)19-13/h2-7H,1H3,(H,16,17). The van der Waals surface area contributed by atoms with Gasteiger partial charge in [0.25, 0.3) is 5.91 Å². The van der Waals surface area contributed by atoms with E-state index in [0.717, 1.165) is 4.47 Å². The average molecular weight is 320 g/mol. The van der Waals surface area contributed by atoms with Gasteiger partial charge in [0.05, 0.1) is 18.4 Å². The Labute approximate surface area is 118 Å². The third-order valence-corrected chi connectivity index (χ3v) is 3.33. The SMILES string of the molecule is COc1ccc2c(c1)NC(=O)c1cc(Br)ccc1O2. The molecule has 1 aliphatic heterocycles. The zero-order valence-corrected chi connectivity index (χ0v) is 11.7. The van der Waals surface area contributed by atoms with Crippen LogP contribution in [-0.2, 0) is 0 Å². The van der Waals surface area contributed by atoms with Crippen molar-refractivity contribution >= 4 is 27.5 Å². The van der Waals surface area contributed by atoms with Crippen LogP contribution in [0.4, 0.5) is 5.69 Å². The first-order valence-corrected chi connectivity index (χ1v) is 6.43. The number of rotatable bonds is 1. The minimum absolute atomic E-state index is 0.205. The smallest absolute Gasteiger partial charge is 0.259 e. The van der Waals surface area contributed by atoms with Crippen molar-refractivity contribution in [2.75, 3.05) is 12.4 Å². The van der Waals surface area contributed by atoms with Gasteiger partial charge in [0.2, 0.25) is 0 Å². The van der Waals surface area contributed by atoms with Crippen LogP contribution in [-0.4, -0.2) is 13.0 Å². The van der Waals surface area contributed by atoms with E-state index in [1.165, 1.54) is 0 Å². The van der Waals surface area contributed by atoms with Crippen LogP contribution in [0.25, 0.3) is 0 Å². The van der Waals surface area contributed by atoms with Gasteiger partial charge in [-0.1, -0.05) is 15.9 Å². The molecular weight excluding hydrogens is 310 g/mol. The fourth-order valence-electron chi connectivity index (χ4n) is 1.90. The number of halogens is 1. The number of nitrogens with one attached hydrogen (secondary N) is 1. The molecule has 2 aromatic carbocycles. The van der Waals surface area contributed by atoms with Gasteiger partial charge in [-0.2, -0.15) is 0 Å². The largest absolute Gasteiger partial charge is 0.497 e. The van der Waals surface area contributed by atoms with E-state index in [0.29, 0.717) is 28.5 Å². The highest BCUT2D eigenvalue weighted by Crippen LogP contribution is 2.38. The summed E-state index contributed by atoms with van der Waals surface area (Å²) in [5, 5.41) is 2.82. The zero-order valence-electron chi connectivity index (χ0n) is 10.1. The number of fused-ring (bicyclic) bond motifs is 2. The Morgan fingerprint density at radius 3 is 2.74 bits per heavy atom. The Balaban J connectivity index is 2.11. The number of carbonyl (C=O) groups excluding carboxylic acids is 1. The van der Waals surface area contributed by atoms with Gasteiger partial charge >= 0.3 is 0 Å². The van der Waals surface area contributed by atoms with Crippen LogP contribution >= 0.6 is 15.9 Å². The molecule has 0 unspecified atom stereocenters. The van der Waals surface area contributed by atoms with Crippen molar-refractivity contribution in [1.29, 1.82) is 0 Å². The topological polar surface area (TPSA) is 47.6 Å². The van der Waals surface area contributed by atoms with Crippen molar-refractivity contribution in [2.45, 2.75) is 0 Å². The number of amides is 1. The number of hydrogen-bond acceptors (Lipinski definition) is 3. The number of benzene rings is 2. The number of carbonyl (C=O) groups is 1. The van der Waals surface area contributed by atoms with Crippen LogP contribution in [0.1, 0.15) is 10.4 Å². The molecule has 2 aromatic rings. The second-order valence-electron chi connectivity index (χ2n) is 4.06. The Morgan fingerprint density at radius 1 is 1.16 bits per heavy atom. The minimum Gasteiger partial charge on any atom is -0.497 e. The van der Waals surface area contributed by atoms with Gasteiger partial charge in [-0.25, -0.2) is 0 Å². The van der Waals surface area contributed by atoms with Gasteiger partial charge < -0.3 is 14.8 Å². The first-order valence-electron chi connectivity index (χ1n) is 5.64. The summed E-state index contributed by atoms with van der Waals surface area (Å²) in [5.41, 5.74) is 1.08. The van der Waals surface area contributed by atoms with Crippen LogP contribution in [0.5, 0.6) is 17.2 Å². The van der Waals surface area contributed by atoms with E-state index in [1.807, 2.05) is 6.07 Å². The van der Waals surface area contributed by atoms with Gasteiger partial charge in [-0.3, -0.25) is 4.79 Å². The lowest BCUT2D eigenvalue weighted by molar-refractivity contribution is 0.102. The molecule has 0 saturated carbocycles. The fourth-order valence-corrected chi connectivity index (χ4v) is 2.26. The Hall–Kier alpha value is -2.01. The lowest BCUT2D eigenvalue weighted by atomic mass is 10.2. The molecule has 19 heavy (non-hydrogen) atoms. The summed E-state index contributed by atoms with van der Waals surface area (Å²) < 4.78 is 11.7. The second-order valence-corrected chi connectivity index (χ2v) is 4.97. The van der Waals surface area contributed by atoms with Gasteiger partial charge in [-0.15, -0.1) is 0 Å². The van der Waals surface area contributed by atoms with E-state index in [9.17, 15) is 4.79 Å². The molecule has 1 amide bonds. The molecule has 4 nitrogen and oxygen atoms in total. The number of anilines is 1. The van der Waals surface area contributed by atoms with Crippen LogP contribution in [0.15, 0.2) is 40.9 Å². The maximum absolute atomic E-state index is 12.2. The van der Waals surface area contributed by atoms with Crippen LogP contribution in [0.3, 0.4) is 0 Å². The van der Waals surface area contributed by atoms with E-state index in [-0.39, 0.29) is 5.91 Å². The summed E-state index contributed by atoms with van der Waals surface area (Å²) in [6, 6.07) is 10.6. The minimum atomic E-state index is -0.205. The average Bonchev–Trinajstić information content (AvgIpc) is 2.54. The highest BCUT2D eigenvalue weighted by Gasteiger charge is 2.21. The molecule has 96 valence electrons. The fraction of sp³-hybridized carbons (Fsp3) is 0.0714. The van der Waals surface area contributed by atoms with Crippen molar-refractivity contribution in [3.05, 3.63) is 46.4 Å². The molecule has 0 atom stereocenters. The highest BCUT2D eigenvalue weighted by molar-refractivity contribution is 9.10. The Bertz CT molecular complexity index is 670. The predicted molar refractivity (Wildman–Crippen MR) is 75.2 cm³/mol. The normalized spacial score (nSPS) is 12.6. The van der Waals surface area contributed by atoms with Crippen LogP contribution in [0, 0.1) is 0 Å². The monoisotopic (exact) mass is 319 g/mol. The van der Waals surface area contributed by atoms with Crippen molar-refractivity contribution in [2.24, 2.45) is 0 Å². The number of hydrogen-bond donors (Lipinski definition) is 1. The molecule has 0 saturated heterocycles. The molecule has 3 rings (SSSR count). The molecule has 0 fully saturated rings. The lowest BCUT2D eigenvalue weighted by Gasteiger charge is -2.08. The number of methoxy groups -OCH3 is 1. The molecule has 1 aliphatic rings. The van der Waals surface area contributed by atoms with Crippen LogP contribution < -0.4 is 14.8 Å². The predicted octanol–water partition coefficient (Wildman–Crippen LogP) is 3.82. The maximum atomic E-state index is 12.2. The third-order valence-electron chi connectivity index (χ3n) is 2.84. The van der Waals surface area contributed by atoms with Crippen molar-refractivity contribution in [3.8, 4) is 17.2 Å². The maximum Gasteiger partial charge on any atom is 0.259 e. The van der Waals surface area contributed by atoms with Gasteiger partial charge in [0, 0.05) is 10.5 Å². The summed E-state index contributed by atoms with van der Waals surface area (Å²) in [5.74, 6) is 1.58. The summed E-state index contributed by atoms with van der Waals surface area (Å²) in [6.45, 7) is 0. The lowest BCUT2D eigenvalue weighted by Crippen LogP contribution is -2.10. The van der Waals surface area contributed by atoms with E-state index in [1.54, 1.807) is 37.4 Å². The van der Waals surface area contributed by atoms with Crippen molar-refractivity contribution < 1.29 is 14.3 Å². The first-order chi connectivity index (χ1) is 9.17. The van der Waals surface area contributed by atoms with Gasteiger partial charge in [-0.05, 0) is 30.3 Å². The summed E-state index contributed by atoms with van der Waals surface area (Å²) >= 11 is 3.35. The van der Waals surface area contributed by atoms with E-state index in [2.05, 4.69) is 21.2 Å². The molecule has 1 heterocycles. The van der Waals surface area contributed by atoms with E-state index < -0.39 is 0 Å². The molecule has 5 heteroatoms. The van der Waals surface area contributed by atoms with Gasteiger partial charge in [0.1, 0.15) is 11.5 Å². The molecular formula is C14H10BrNO3. The molecule has 0 aromatic heterocycles.